The van der Waals surface area contributed by atoms with Crippen molar-refractivity contribution in [2.75, 3.05) is 19.1 Å². The van der Waals surface area contributed by atoms with E-state index >= 15 is 0 Å². The van der Waals surface area contributed by atoms with Crippen molar-refractivity contribution in [1.29, 1.82) is 0 Å². The first-order valence-corrected chi connectivity index (χ1v) is 11.3. The van der Waals surface area contributed by atoms with Crippen molar-refractivity contribution >= 4 is 39.6 Å². The number of ether oxygens (including phenoxy) is 1. The molecule has 0 aliphatic rings. The zero-order valence-corrected chi connectivity index (χ0v) is 19.8. The predicted molar refractivity (Wildman–Crippen MR) is 120 cm³/mol. The molecule has 0 rings (SSSR count). The van der Waals surface area contributed by atoms with E-state index in [1.54, 1.807) is 11.8 Å². The highest BCUT2D eigenvalue weighted by Crippen LogP contribution is 2.24. The Balaban J connectivity index is 4.67. The number of thioether (sulfide) groups is 1. The Morgan fingerprint density at radius 2 is 1.93 bits per heavy atom. The largest absolute Gasteiger partial charge is 0.467 e. The standard InChI is InChI=1S/C21H34BrNO3S/c1-16(8-7-9-17(2)22)10-13-21(3,4)14-11-19(24)23-18(12-15-27-6)20(25)26-5/h9-11,14,18H,7-8,12-13,15H2,1-6H3,(H,23,24)/b14-11+,16-10+,17-9+/t18-/m0/s1. The zero-order chi connectivity index (χ0) is 20.9. The van der Waals surface area contributed by atoms with Gasteiger partial charge in [0.1, 0.15) is 6.04 Å². The summed E-state index contributed by atoms with van der Waals surface area (Å²) in [6.45, 7) is 8.35. The van der Waals surface area contributed by atoms with E-state index in [2.05, 4.69) is 54.2 Å². The van der Waals surface area contributed by atoms with Gasteiger partial charge in [0.2, 0.25) is 5.91 Å². The molecule has 0 aromatic rings. The van der Waals surface area contributed by atoms with E-state index in [1.165, 1.54) is 18.8 Å². The summed E-state index contributed by atoms with van der Waals surface area (Å²) >= 11 is 5.07. The van der Waals surface area contributed by atoms with Crippen LogP contribution in [0.3, 0.4) is 0 Å². The van der Waals surface area contributed by atoms with Gasteiger partial charge in [0.05, 0.1) is 7.11 Å². The van der Waals surface area contributed by atoms with E-state index in [9.17, 15) is 9.59 Å². The van der Waals surface area contributed by atoms with Crippen molar-refractivity contribution in [3.8, 4) is 0 Å². The van der Waals surface area contributed by atoms with Crippen molar-refractivity contribution in [2.45, 2.75) is 59.4 Å². The number of amides is 1. The first-order valence-electron chi connectivity index (χ1n) is 9.15. The number of nitrogens with one attached hydrogen (secondary N) is 1. The van der Waals surface area contributed by atoms with Crippen molar-refractivity contribution < 1.29 is 14.3 Å². The van der Waals surface area contributed by atoms with Crippen molar-refractivity contribution in [3.05, 3.63) is 34.4 Å². The molecule has 27 heavy (non-hydrogen) atoms. The fraction of sp³-hybridized carbons (Fsp3) is 0.619. The van der Waals surface area contributed by atoms with E-state index in [1.807, 2.05) is 19.3 Å². The minimum Gasteiger partial charge on any atom is -0.467 e. The van der Waals surface area contributed by atoms with E-state index in [4.69, 9.17) is 4.74 Å². The molecule has 0 saturated heterocycles. The Morgan fingerprint density at radius 1 is 1.26 bits per heavy atom. The highest BCUT2D eigenvalue weighted by molar-refractivity contribution is 9.11. The zero-order valence-electron chi connectivity index (χ0n) is 17.4. The average molecular weight is 460 g/mol. The van der Waals surface area contributed by atoms with Crippen molar-refractivity contribution in [3.63, 3.8) is 0 Å². The molecular formula is C21H34BrNO3S. The van der Waals surface area contributed by atoms with Gasteiger partial charge >= 0.3 is 5.97 Å². The van der Waals surface area contributed by atoms with Gasteiger partial charge in [-0.3, -0.25) is 4.79 Å². The molecule has 154 valence electrons. The number of hydrogen-bond donors (Lipinski definition) is 1. The minimum atomic E-state index is -0.601. The van der Waals surface area contributed by atoms with Crippen LogP contribution in [0.4, 0.5) is 0 Å². The van der Waals surface area contributed by atoms with Gasteiger partial charge in [0.15, 0.2) is 0 Å². The summed E-state index contributed by atoms with van der Waals surface area (Å²) < 4.78 is 5.93. The summed E-state index contributed by atoms with van der Waals surface area (Å²) in [7, 11) is 1.34. The summed E-state index contributed by atoms with van der Waals surface area (Å²) in [5, 5.41) is 2.74. The maximum Gasteiger partial charge on any atom is 0.328 e. The van der Waals surface area contributed by atoms with Crippen LogP contribution in [0, 0.1) is 5.41 Å². The van der Waals surface area contributed by atoms with E-state index in [0.717, 1.165) is 29.5 Å². The minimum absolute atomic E-state index is 0.139. The van der Waals surface area contributed by atoms with Crippen LogP contribution < -0.4 is 5.32 Å². The lowest BCUT2D eigenvalue weighted by atomic mass is 9.87. The number of carbonyl (C=O) groups is 2. The maximum absolute atomic E-state index is 12.2. The molecule has 0 aromatic heterocycles. The average Bonchev–Trinajstić information content (AvgIpc) is 2.61. The number of halogens is 1. The second-order valence-electron chi connectivity index (χ2n) is 7.27. The lowest BCUT2D eigenvalue weighted by Gasteiger charge is -2.19. The van der Waals surface area contributed by atoms with Crippen molar-refractivity contribution in [2.24, 2.45) is 5.41 Å². The summed E-state index contributed by atoms with van der Waals surface area (Å²) in [6, 6.07) is -0.601. The number of allylic oxidation sites excluding steroid dienone is 5. The number of rotatable bonds is 12. The Kier molecular flexibility index (Phi) is 13.5. The van der Waals surface area contributed by atoms with Crippen LogP contribution in [0.2, 0.25) is 0 Å². The molecule has 0 aromatic carbocycles. The Morgan fingerprint density at radius 3 is 2.48 bits per heavy atom. The molecule has 0 aliphatic carbocycles. The molecule has 0 saturated carbocycles. The third kappa shape index (κ3) is 13.8. The first kappa shape index (κ1) is 26.0. The van der Waals surface area contributed by atoms with E-state index in [-0.39, 0.29) is 11.3 Å². The molecule has 0 unspecified atom stereocenters. The summed E-state index contributed by atoms with van der Waals surface area (Å²) in [6.07, 6.45) is 13.2. The fourth-order valence-electron chi connectivity index (χ4n) is 2.25. The number of carbonyl (C=O) groups excluding carboxylic acids is 2. The predicted octanol–water partition coefficient (Wildman–Crippen LogP) is 5.40. The maximum atomic E-state index is 12.2. The first-order chi connectivity index (χ1) is 12.6. The Hall–Kier alpha value is -1.01. The number of methoxy groups -OCH3 is 1. The van der Waals surface area contributed by atoms with E-state index < -0.39 is 12.0 Å². The van der Waals surface area contributed by atoms with E-state index in [0.29, 0.717) is 6.42 Å². The third-order valence-electron chi connectivity index (χ3n) is 4.04. The molecule has 4 nitrogen and oxygen atoms in total. The monoisotopic (exact) mass is 459 g/mol. The quantitative estimate of drug-likeness (QED) is 0.241. The molecule has 0 radical (unpaired) electrons. The molecule has 6 heteroatoms. The van der Waals surface area contributed by atoms with Gasteiger partial charge in [0, 0.05) is 0 Å². The smallest absolute Gasteiger partial charge is 0.328 e. The van der Waals surface area contributed by atoms with Gasteiger partial charge in [0.25, 0.3) is 0 Å². The third-order valence-corrected chi connectivity index (χ3v) is 5.01. The topological polar surface area (TPSA) is 55.4 Å². The molecule has 0 heterocycles. The van der Waals surface area contributed by atoms with Crippen molar-refractivity contribution in [1.82, 2.24) is 5.32 Å². The lowest BCUT2D eigenvalue weighted by Crippen LogP contribution is -2.41. The lowest BCUT2D eigenvalue weighted by molar-refractivity contribution is -0.144. The van der Waals surface area contributed by atoms with Crippen LogP contribution in [-0.2, 0) is 14.3 Å². The second kappa shape index (κ2) is 14.1. The van der Waals surface area contributed by atoms with Crippen LogP contribution in [-0.4, -0.2) is 37.0 Å². The molecule has 0 spiro atoms. The van der Waals surface area contributed by atoms with Gasteiger partial charge < -0.3 is 10.1 Å². The summed E-state index contributed by atoms with van der Waals surface area (Å²) in [5.74, 6) is 0.109. The van der Waals surface area contributed by atoms with Gasteiger partial charge in [-0.2, -0.15) is 11.8 Å². The van der Waals surface area contributed by atoms with Crippen LogP contribution >= 0.6 is 27.7 Å². The molecule has 1 atom stereocenters. The van der Waals surface area contributed by atoms with Crippen LogP contribution in [0.5, 0.6) is 0 Å². The van der Waals surface area contributed by atoms with Gasteiger partial charge in [-0.1, -0.05) is 53.6 Å². The van der Waals surface area contributed by atoms with Crippen LogP contribution in [0.25, 0.3) is 0 Å². The van der Waals surface area contributed by atoms with Gasteiger partial charge in [-0.15, -0.1) is 0 Å². The molecule has 0 aliphatic heterocycles. The Bertz CT molecular complexity index is 564. The number of hydrogen-bond acceptors (Lipinski definition) is 4. The Labute approximate surface area is 177 Å². The molecule has 1 N–H and O–H groups in total. The summed E-state index contributed by atoms with van der Waals surface area (Å²) in [4.78, 5) is 24.0. The second-order valence-corrected chi connectivity index (χ2v) is 9.51. The SMILES string of the molecule is COC(=O)[C@H](CCSC)NC(=O)/C=C/C(C)(C)C/C=C(\C)CC/C=C(\C)Br. The van der Waals surface area contributed by atoms with Gasteiger partial charge in [-0.25, -0.2) is 4.79 Å². The number of esters is 1. The van der Waals surface area contributed by atoms with Crippen LogP contribution in [0.15, 0.2) is 34.4 Å². The molecule has 0 bridgehead atoms. The van der Waals surface area contributed by atoms with Gasteiger partial charge in [-0.05, 0) is 67.5 Å². The highest BCUT2D eigenvalue weighted by atomic mass is 79.9. The molecule has 1 amide bonds. The molecule has 0 fully saturated rings. The normalized spacial score (nSPS) is 14.3. The molecular weight excluding hydrogens is 426 g/mol. The fourth-order valence-corrected chi connectivity index (χ4v) is 2.95. The highest BCUT2D eigenvalue weighted by Gasteiger charge is 2.20. The summed E-state index contributed by atoms with van der Waals surface area (Å²) in [5.41, 5.74) is 1.20. The van der Waals surface area contributed by atoms with Crippen LogP contribution in [0.1, 0.15) is 53.4 Å².